The average Bonchev–Trinajstić information content (AvgIpc) is 2.92. The molecule has 3 aromatic rings. The lowest BCUT2D eigenvalue weighted by Gasteiger charge is -2.07. The van der Waals surface area contributed by atoms with E-state index in [1.165, 1.54) is 10.1 Å². The fourth-order valence-corrected chi connectivity index (χ4v) is 3.03. The molecule has 102 valence electrons. The van der Waals surface area contributed by atoms with Crippen LogP contribution < -0.4 is 5.73 Å². The number of fused-ring (bicyclic) bond motifs is 1. The van der Waals surface area contributed by atoms with Gasteiger partial charge in [-0.2, -0.15) is 0 Å². The molecule has 4 nitrogen and oxygen atoms in total. The second-order valence-corrected chi connectivity index (χ2v) is 5.29. The Morgan fingerprint density at radius 1 is 1.25 bits per heavy atom. The quantitative estimate of drug-likeness (QED) is 0.797. The van der Waals surface area contributed by atoms with Crippen LogP contribution in [-0.4, -0.2) is 16.6 Å². The van der Waals surface area contributed by atoms with Crippen LogP contribution in [0, 0.1) is 0 Å². The maximum absolute atomic E-state index is 5.88. The fourth-order valence-electron chi connectivity index (χ4n) is 2.11. The standard InChI is InChI=1S/C15H15N3OS/c1-2-19-9-14-17-12(8-13(16)18-14)11-5-3-4-10-6-7-20-15(10)11/h3-8H,2,9H2,1H3,(H2,16,17,18). The second-order valence-electron chi connectivity index (χ2n) is 4.38. The number of hydrogen-bond donors (Lipinski definition) is 1. The summed E-state index contributed by atoms with van der Waals surface area (Å²) in [6.45, 7) is 2.96. The molecule has 0 radical (unpaired) electrons. The van der Waals surface area contributed by atoms with E-state index in [-0.39, 0.29) is 0 Å². The van der Waals surface area contributed by atoms with Crippen LogP contribution >= 0.6 is 11.3 Å². The van der Waals surface area contributed by atoms with Gasteiger partial charge in [-0.1, -0.05) is 18.2 Å². The maximum Gasteiger partial charge on any atom is 0.157 e. The Morgan fingerprint density at radius 2 is 2.15 bits per heavy atom. The molecule has 0 aliphatic heterocycles. The molecule has 0 saturated carbocycles. The van der Waals surface area contributed by atoms with Crippen LogP contribution in [-0.2, 0) is 11.3 Å². The van der Waals surface area contributed by atoms with Crippen molar-refractivity contribution in [3.63, 3.8) is 0 Å². The van der Waals surface area contributed by atoms with Gasteiger partial charge in [0.2, 0.25) is 0 Å². The summed E-state index contributed by atoms with van der Waals surface area (Å²) in [6.07, 6.45) is 0. The predicted molar refractivity (Wildman–Crippen MR) is 82.6 cm³/mol. The Hall–Kier alpha value is -1.98. The molecule has 0 saturated heterocycles. The number of thiophene rings is 1. The van der Waals surface area contributed by atoms with Gasteiger partial charge in [0.25, 0.3) is 0 Å². The first-order valence-corrected chi connectivity index (χ1v) is 7.33. The highest BCUT2D eigenvalue weighted by molar-refractivity contribution is 7.17. The number of hydrogen-bond acceptors (Lipinski definition) is 5. The third kappa shape index (κ3) is 2.50. The van der Waals surface area contributed by atoms with E-state index in [0.717, 1.165) is 11.3 Å². The minimum atomic E-state index is 0.384. The molecule has 3 rings (SSSR count). The van der Waals surface area contributed by atoms with Gasteiger partial charge in [-0.3, -0.25) is 0 Å². The molecule has 0 bridgehead atoms. The normalized spacial score (nSPS) is 11.1. The Kier molecular flexibility index (Phi) is 3.62. The number of rotatable bonds is 4. The summed E-state index contributed by atoms with van der Waals surface area (Å²) in [6, 6.07) is 10.1. The zero-order chi connectivity index (χ0) is 13.9. The summed E-state index contributed by atoms with van der Waals surface area (Å²) in [7, 11) is 0. The van der Waals surface area contributed by atoms with Crippen LogP contribution in [0.2, 0.25) is 0 Å². The summed E-state index contributed by atoms with van der Waals surface area (Å²) in [4.78, 5) is 8.77. The van der Waals surface area contributed by atoms with Crippen molar-refractivity contribution in [3.05, 3.63) is 41.5 Å². The minimum Gasteiger partial charge on any atom is -0.384 e. The molecule has 2 N–H and O–H groups in total. The van der Waals surface area contributed by atoms with Crippen molar-refractivity contribution in [1.29, 1.82) is 0 Å². The molecule has 20 heavy (non-hydrogen) atoms. The summed E-state index contributed by atoms with van der Waals surface area (Å²) >= 11 is 1.71. The molecular formula is C15H15N3OS. The predicted octanol–water partition coefficient (Wildman–Crippen LogP) is 3.48. The number of benzene rings is 1. The lowest BCUT2D eigenvalue weighted by atomic mass is 10.1. The van der Waals surface area contributed by atoms with Crippen molar-refractivity contribution in [3.8, 4) is 11.3 Å². The summed E-state index contributed by atoms with van der Waals surface area (Å²) in [5, 5.41) is 3.30. The molecule has 0 spiro atoms. The van der Waals surface area contributed by atoms with Gasteiger partial charge >= 0.3 is 0 Å². The molecule has 2 heterocycles. The van der Waals surface area contributed by atoms with E-state index >= 15 is 0 Å². The first-order valence-electron chi connectivity index (χ1n) is 6.45. The first-order chi connectivity index (χ1) is 9.78. The van der Waals surface area contributed by atoms with Gasteiger partial charge in [0.15, 0.2) is 5.82 Å². The van der Waals surface area contributed by atoms with Crippen molar-refractivity contribution in [2.75, 3.05) is 12.3 Å². The van der Waals surface area contributed by atoms with Crippen molar-refractivity contribution < 1.29 is 4.74 Å². The molecule has 0 amide bonds. The monoisotopic (exact) mass is 285 g/mol. The molecule has 0 fully saturated rings. The molecule has 5 heteroatoms. The van der Waals surface area contributed by atoms with Crippen LogP contribution in [0.3, 0.4) is 0 Å². The fraction of sp³-hybridized carbons (Fsp3) is 0.200. The van der Waals surface area contributed by atoms with Crippen molar-refractivity contribution in [2.24, 2.45) is 0 Å². The third-order valence-electron chi connectivity index (χ3n) is 2.98. The third-order valence-corrected chi connectivity index (χ3v) is 3.95. The van der Waals surface area contributed by atoms with E-state index in [1.54, 1.807) is 11.3 Å². The van der Waals surface area contributed by atoms with Crippen LogP contribution in [0.1, 0.15) is 12.7 Å². The molecule has 0 aliphatic rings. The van der Waals surface area contributed by atoms with E-state index in [9.17, 15) is 0 Å². The lowest BCUT2D eigenvalue weighted by Crippen LogP contribution is -2.03. The largest absolute Gasteiger partial charge is 0.384 e. The summed E-state index contributed by atoms with van der Waals surface area (Å²) < 4.78 is 6.58. The number of nitrogens with zero attached hydrogens (tertiary/aromatic N) is 2. The average molecular weight is 285 g/mol. The van der Waals surface area contributed by atoms with Gasteiger partial charge in [0.1, 0.15) is 12.4 Å². The number of ether oxygens (including phenoxy) is 1. The number of aromatic nitrogens is 2. The van der Waals surface area contributed by atoms with Gasteiger partial charge < -0.3 is 10.5 Å². The zero-order valence-corrected chi connectivity index (χ0v) is 12.0. The van der Waals surface area contributed by atoms with E-state index < -0.39 is 0 Å². The van der Waals surface area contributed by atoms with Crippen LogP contribution in [0.15, 0.2) is 35.7 Å². The number of nitrogen functional groups attached to an aromatic ring is 1. The van der Waals surface area contributed by atoms with Gasteiger partial charge in [-0.25, -0.2) is 9.97 Å². The number of anilines is 1. The summed E-state index contributed by atoms with van der Waals surface area (Å²) in [5.41, 5.74) is 7.82. The van der Waals surface area contributed by atoms with Crippen molar-refractivity contribution in [2.45, 2.75) is 13.5 Å². The Morgan fingerprint density at radius 3 is 3.00 bits per heavy atom. The SMILES string of the molecule is CCOCc1nc(N)cc(-c2cccc3ccsc23)n1. The Bertz CT molecular complexity index is 739. The molecule has 0 aliphatic carbocycles. The highest BCUT2D eigenvalue weighted by Gasteiger charge is 2.09. The van der Waals surface area contributed by atoms with E-state index in [4.69, 9.17) is 10.5 Å². The Labute approximate surface area is 121 Å². The lowest BCUT2D eigenvalue weighted by molar-refractivity contribution is 0.128. The van der Waals surface area contributed by atoms with Crippen LogP contribution in [0.5, 0.6) is 0 Å². The topological polar surface area (TPSA) is 61.0 Å². The minimum absolute atomic E-state index is 0.384. The number of nitrogens with two attached hydrogens (primary N) is 1. The van der Waals surface area contributed by atoms with Gasteiger partial charge in [0.05, 0.1) is 5.69 Å². The second kappa shape index (κ2) is 5.56. The van der Waals surface area contributed by atoms with E-state index in [0.29, 0.717) is 24.9 Å². The smallest absolute Gasteiger partial charge is 0.157 e. The van der Waals surface area contributed by atoms with Crippen LogP contribution in [0.25, 0.3) is 21.3 Å². The highest BCUT2D eigenvalue weighted by Crippen LogP contribution is 2.32. The maximum atomic E-state index is 5.88. The first kappa shape index (κ1) is 13.0. The highest BCUT2D eigenvalue weighted by atomic mass is 32.1. The van der Waals surface area contributed by atoms with Gasteiger partial charge in [0, 0.05) is 22.9 Å². The summed E-state index contributed by atoms with van der Waals surface area (Å²) in [5.74, 6) is 1.09. The van der Waals surface area contributed by atoms with Crippen molar-refractivity contribution >= 4 is 27.2 Å². The van der Waals surface area contributed by atoms with Crippen molar-refractivity contribution in [1.82, 2.24) is 9.97 Å². The van der Waals surface area contributed by atoms with Crippen LogP contribution in [0.4, 0.5) is 5.82 Å². The molecule has 2 aromatic heterocycles. The zero-order valence-electron chi connectivity index (χ0n) is 11.2. The van der Waals surface area contributed by atoms with Gasteiger partial charge in [-0.05, 0) is 23.8 Å². The molecule has 0 unspecified atom stereocenters. The molecule has 1 aromatic carbocycles. The van der Waals surface area contributed by atoms with E-state index in [1.807, 2.05) is 19.1 Å². The molecular weight excluding hydrogens is 270 g/mol. The molecule has 0 atom stereocenters. The Balaban J connectivity index is 2.09. The van der Waals surface area contributed by atoms with Gasteiger partial charge in [-0.15, -0.1) is 11.3 Å². The van der Waals surface area contributed by atoms with E-state index in [2.05, 4.69) is 33.5 Å².